The number of rotatable bonds is 10. The lowest BCUT2D eigenvalue weighted by Crippen LogP contribution is -2.45. The zero-order chi connectivity index (χ0) is 19.8. The summed E-state index contributed by atoms with van der Waals surface area (Å²) < 4.78 is 0. The molecule has 1 N–H and O–H groups in total. The minimum atomic E-state index is -0.0826. The van der Waals surface area contributed by atoms with Gasteiger partial charge in [0, 0.05) is 43.1 Å². The molecule has 27 heavy (non-hydrogen) atoms. The van der Waals surface area contributed by atoms with E-state index in [1.54, 1.807) is 0 Å². The molecule has 6 heteroatoms. The Morgan fingerprint density at radius 1 is 1.15 bits per heavy atom. The van der Waals surface area contributed by atoms with E-state index < -0.39 is 0 Å². The molecule has 1 saturated heterocycles. The fourth-order valence-corrected chi connectivity index (χ4v) is 4.12. The summed E-state index contributed by atoms with van der Waals surface area (Å²) in [7, 11) is 0. The van der Waals surface area contributed by atoms with Gasteiger partial charge in [0.25, 0.3) is 0 Å². The smallest absolute Gasteiger partial charge is 0.220 e. The number of nitrogens with zero attached hydrogens (tertiary/aromatic N) is 1. The second kappa shape index (κ2) is 10.7. The van der Waals surface area contributed by atoms with E-state index in [0.717, 1.165) is 23.9 Å². The highest BCUT2D eigenvalue weighted by molar-refractivity contribution is 7.14. The minimum Gasteiger partial charge on any atom is -0.355 e. The molecule has 150 valence electrons. The molecule has 2 heterocycles. The van der Waals surface area contributed by atoms with Crippen LogP contribution in [0.4, 0.5) is 0 Å². The van der Waals surface area contributed by atoms with Gasteiger partial charge in [0.1, 0.15) is 5.78 Å². The highest BCUT2D eigenvalue weighted by Gasteiger charge is 2.20. The molecular formula is C21H32N2O3S. The maximum atomic E-state index is 12.0. The van der Waals surface area contributed by atoms with Gasteiger partial charge in [0.05, 0.1) is 4.88 Å². The van der Waals surface area contributed by atoms with Gasteiger partial charge in [-0.15, -0.1) is 11.3 Å². The van der Waals surface area contributed by atoms with Crippen LogP contribution in [0, 0.1) is 12.8 Å². The van der Waals surface area contributed by atoms with Crippen LogP contribution in [0.15, 0.2) is 12.1 Å². The Kier molecular flexibility index (Phi) is 8.64. The number of Topliss-reactive ketones (excluding diaryl/α,β-unsaturated/α-hetero) is 2. The molecule has 0 aliphatic carbocycles. The number of ketones is 2. The van der Waals surface area contributed by atoms with E-state index >= 15 is 0 Å². The Labute approximate surface area is 166 Å². The molecule has 1 aliphatic heterocycles. The van der Waals surface area contributed by atoms with E-state index in [-0.39, 0.29) is 43.2 Å². The maximum Gasteiger partial charge on any atom is 0.220 e. The first-order valence-corrected chi connectivity index (χ1v) is 10.8. The fraction of sp³-hybridized carbons (Fsp3) is 0.667. The molecule has 1 amide bonds. The number of hydrogen-bond acceptors (Lipinski definition) is 5. The lowest BCUT2D eigenvalue weighted by Gasteiger charge is -2.35. The van der Waals surface area contributed by atoms with Gasteiger partial charge in [0.2, 0.25) is 5.91 Å². The quantitative estimate of drug-likeness (QED) is 0.618. The molecule has 1 unspecified atom stereocenters. The second-order valence-corrected chi connectivity index (χ2v) is 9.03. The molecule has 1 aromatic rings. The zero-order valence-electron chi connectivity index (χ0n) is 16.8. The van der Waals surface area contributed by atoms with Crippen molar-refractivity contribution in [2.45, 2.75) is 65.3 Å². The fourth-order valence-electron chi connectivity index (χ4n) is 3.29. The van der Waals surface area contributed by atoms with E-state index in [1.807, 2.05) is 19.1 Å². The average molecular weight is 393 g/mol. The summed E-state index contributed by atoms with van der Waals surface area (Å²) >= 11 is 1.46. The third-order valence-electron chi connectivity index (χ3n) is 5.31. The van der Waals surface area contributed by atoms with Crippen LogP contribution in [0.5, 0.6) is 0 Å². The number of thiophene rings is 1. The first-order chi connectivity index (χ1) is 12.8. The Morgan fingerprint density at radius 2 is 1.81 bits per heavy atom. The SMILES string of the molecule is Cc1ccc(C(=O)CCC(=O)CCC(=O)NCC(C)N2CCC(C)CC2)s1. The number of carbonyl (C=O) groups is 3. The standard InChI is InChI=1S/C21H32N2O3S/c1-15-10-12-23(13-11-15)16(2)14-22-21(26)9-6-18(24)5-7-19(25)20-8-4-17(3)27-20/h4,8,15-16H,5-7,9-14H2,1-3H3,(H,22,26). The van der Waals surface area contributed by atoms with Gasteiger partial charge in [-0.2, -0.15) is 0 Å². The Bertz CT molecular complexity index is 648. The van der Waals surface area contributed by atoms with E-state index in [2.05, 4.69) is 24.1 Å². The minimum absolute atomic E-state index is 0.00979. The topological polar surface area (TPSA) is 66.5 Å². The molecule has 2 rings (SSSR count). The molecule has 0 spiro atoms. The highest BCUT2D eigenvalue weighted by atomic mass is 32.1. The van der Waals surface area contributed by atoms with E-state index in [0.29, 0.717) is 17.5 Å². The summed E-state index contributed by atoms with van der Waals surface area (Å²) in [6.07, 6.45) is 3.29. The normalized spacial score (nSPS) is 16.9. The Balaban J connectivity index is 1.59. The van der Waals surface area contributed by atoms with Crippen LogP contribution < -0.4 is 5.32 Å². The third kappa shape index (κ3) is 7.54. The molecule has 1 aliphatic rings. The number of piperidine rings is 1. The summed E-state index contributed by atoms with van der Waals surface area (Å²) in [5, 5.41) is 2.94. The third-order valence-corrected chi connectivity index (χ3v) is 6.35. The number of likely N-dealkylation sites (tertiary alicyclic amines) is 1. The lowest BCUT2D eigenvalue weighted by molar-refractivity contribution is -0.125. The van der Waals surface area contributed by atoms with Gasteiger partial charge in [-0.05, 0) is 57.8 Å². The van der Waals surface area contributed by atoms with Crippen molar-refractivity contribution < 1.29 is 14.4 Å². The summed E-state index contributed by atoms with van der Waals surface area (Å²) in [6, 6.07) is 4.05. The number of carbonyl (C=O) groups excluding carboxylic acids is 3. The molecule has 0 aromatic carbocycles. The molecule has 1 atom stereocenters. The monoisotopic (exact) mass is 392 g/mol. The molecule has 1 fully saturated rings. The van der Waals surface area contributed by atoms with Crippen LogP contribution in [0.2, 0.25) is 0 Å². The van der Waals surface area contributed by atoms with Crippen molar-refractivity contribution in [2.75, 3.05) is 19.6 Å². The molecule has 0 bridgehead atoms. The van der Waals surface area contributed by atoms with E-state index in [1.165, 1.54) is 24.2 Å². The highest BCUT2D eigenvalue weighted by Crippen LogP contribution is 2.18. The maximum absolute atomic E-state index is 12.0. The number of aryl methyl sites for hydroxylation is 1. The van der Waals surface area contributed by atoms with Crippen molar-refractivity contribution in [1.82, 2.24) is 10.2 Å². The van der Waals surface area contributed by atoms with E-state index in [9.17, 15) is 14.4 Å². The largest absolute Gasteiger partial charge is 0.355 e. The number of hydrogen-bond donors (Lipinski definition) is 1. The van der Waals surface area contributed by atoms with Crippen molar-refractivity contribution in [3.63, 3.8) is 0 Å². The first-order valence-electron chi connectivity index (χ1n) is 9.97. The van der Waals surface area contributed by atoms with Crippen LogP contribution in [0.25, 0.3) is 0 Å². The number of amides is 1. The van der Waals surface area contributed by atoms with Gasteiger partial charge in [-0.1, -0.05) is 6.92 Å². The molecule has 1 aromatic heterocycles. The molecule has 0 saturated carbocycles. The van der Waals surface area contributed by atoms with Crippen LogP contribution in [-0.4, -0.2) is 48.0 Å². The van der Waals surface area contributed by atoms with Crippen molar-refractivity contribution in [2.24, 2.45) is 5.92 Å². The summed E-state index contributed by atoms with van der Waals surface area (Å²) in [6.45, 7) is 9.19. The molecular weight excluding hydrogens is 360 g/mol. The summed E-state index contributed by atoms with van der Waals surface area (Å²) in [5.41, 5.74) is 0. The predicted molar refractivity (Wildman–Crippen MR) is 109 cm³/mol. The Hall–Kier alpha value is -1.53. The summed E-state index contributed by atoms with van der Waals surface area (Å²) in [4.78, 5) is 40.2. The molecule has 0 radical (unpaired) electrons. The number of nitrogens with one attached hydrogen (secondary N) is 1. The van der Waals surface area contributed by atoms with Crippen LogP contribution in [0.3, 0.4) is 0 Å². The van der Waals surface area contributed by atoms with Crippen molar-refractivity contribution in [1.29, 1.82) is 0 Å². The molecule has 5 nitrogen and oxygen atoms in total. The van der Waals surface area contributed by atoms with Gasteiger partial charge in [-0.3, -0.25) is 19.3 Å². The second-order valence-electron chi connectivity index (χ2n) is 7.74. The van der Waals surface area contributed by atoms with Gasteiger partial charge < -0.3 is 5.32 Å². The summed E-state index contributed by atoms with van der Waals surface area (Å²) in [5.74, 6) is 0.700. The van der Waals surface area contributed by atoms with Crippen LogP contribution in [-0.2, 0) is 9.59 Å². The van der Waals surface area contributed by atoms with Crippen LogP contribution in [0.1, 0.15) is 66.9 Å². The predicted octanol–water partition coefficient (Wildman–Crippen LogP) is 3.61. The van der Waals surface area contributed by atoms with Gasteiger partial charge in [-0.25, -0.2) is 0 Å². The first kappa shape index (κ1) is 21.8. The lowest BCUT2D eigenvalue weighted by atomic mass is 9.98. The zero-order valence-corrected chi connectivity index (χ0v) is 17.6. The van der Waals surface area contributed by atoms with Crippen LogP contribution >= 0.6 is 11.3 Å². The van der Waals surface area contributed by atoms with Crippen molar-refractivity contribution in [3.8, 4) is 0 Å². The van der Waals surface area contributed by atoms with Gasteiger partial charge >= 0.3 is 0 Å². The van der Waals surface area contributed by atoms with Gasteiger partial charge in [0.15, 0.2) is 5.78 Å². The van der Waals surface area contributed by atoms with Crippen molar-refractivity contribution >= 4 is 28.8 Å². The van der Waals surface area contributed by atoms with Crippen molar-refractivity contribution in [3.05, 3.63) is 21.9 Å². The van der Waals surface area contributed by atoms with E-state index in [4.69, 9.17) is 0 Å². The average Bonchev–Trinajstić information content (AvgIpc) is 3.09. The Morgan fingerprint density at radius 3 is 2.44 bits per heavy atom.